The van der Waals surface area contributed by atoms with E-state index in [2.05, 4.69) is 0 Å². The summed E-state index contributed by atoms with van der Waals surface area (Å²) in [7, 11) is -8.25. The van der Waals surface area contributed by atoms with Crippen molar-refractivity contribution in [1.82, 2.24) is 3.97 Å². The van der Waals surface area contributed by atoms with Crippen LogP contribution < -0.4 is 5.30 Å². The zero-order chi connectivity index (χ0) is 25.2. The SMILES string of the molecule is CCOC(=O)c1c(P(=O)(OCC)C2=CCSC=C2)c2cc(Cl)ccc2n1S(=O)(=O)c1ccccc1. The molecule has 35 heavy (non-hydrogen) atoms. The number of carbonyl (C=O) groups is 1. The molecule has 1 unspecified atom stereocenters. The van der Waals surface area contributed by atoms with Crippen molar-refractivity contribution < 1.29 is 27.0 Å². The van der Waals surface area contributed by atoms with Gasteiger partial charge in [-0.2, -0.15) is 0 Å². The summed E-state index contributed by atoms with van der Waals surface area (Å²) in [6, 6.07) is 12.2. The maximum atomic E-state index is 14.7. The molecule has 184 valence electrons. The fourth-order valence-electron chi connectivity index (χ4n) is 3.89. The summed E-state index contributed by atoms with van der Waals surface area (Å²) < 4.78 is 54.5. The third-order valence-corrected chi connectivity index (χ3v) is 10.6. The van der Waals surface area contributed by atoms with Gasteiger partial charge >= 0.3 is 5.97 Å². The van der Waals surface area contributed by atoms with Crippen LogP contribution in [0, 0.1) is 0 Å². The molecule has 0 spiro atoms. The van der Waals surface area contributed by atoms with E-state index in [0.717, 1.165) is 3.97 Å². The highest BCUT2D eigenvalue weighted by Crippen LogP contribution is 2.58. The first-order valence-electron chi connectivity index (χ1n) is 10.8. The Balaban J connectivity index is 2.19. The van der Waals surface area contributed by atoms with Gasteiger partial charge in [-0.3, -0.25) is 4.57 Å². The number of hydrogen-bond donors (Lipinski definition) is 0. The molecule has 0 saturated carbocycles. The Morgan fingerprint density at radius 2 is 1.89 bits per heavy atom. The highest BCUT2D eigenvalue weighted by molar-refractivity contribution is 8.02. The average Bonchev–Trinajstić information content (AvgIpc) is 3.21. The predicted molar refractivity (Wildman–Crippen MR) is 140 cm³/mol. The minimum absolute atomic E-state index is 0.00981. The van der Waals surface area contributed by atoms with Crippen molar-refractivity contribution in [2.75, 3.05) is 19.0 Å². The van der Waals surface area contributed by atoms with Crippen molar-refractivity contribution in [1.29, 1.82) is 0 Å². The van der Waals surface area contributed by atoms with Crippen LogP contribution in [0.1, 0.15) is 24.3 Å². The van der Waals surface area contributed by atoms with Crippen LogP contribution in [0.5, 0.6) is 0 Å². The number of benzene rings is 2. The molecular weight excluding hydrogens is 529 g/mol. The largest absolute Gasteiger partial charge is 0.461 e. The van der Waals surface area contributed by atoms with Gasteiger partial charge in [-0.25, -0.2) is 17.2 Å². The van der Waals surface area contributed by atoms with Gasteiger partial charge in [0.1, 0.15) is 0 Å². The lowest BCUT2D eigenvalue weighted by Gasteiger charge is -2.22. The van der Waals surface area contributed by atoms with Gasteiger partial charge in [-0.15, -0.1) is 11.8 Å². The molecule has 0 N–H and O–H groups in total. The van der Waals surface area contributed by atoms with Gasteiger partial charge < -0.3 is 9.26 Å². The van der Waals surface area contributed by atoms with Gasteiger partial charge in [-0.05, 0) is 55.7 Å². The fourth-order valence-corrected chi connectivity index (χ4v) is 8.99. The topological polar surface area (TPSA) is 91.7 Å². The van der Waals surface area contributed by atoms with Crippen LogP contribution in [-0.4, -0.2) is 37.3 Å². The monoisotopic (exact) mass is 551 g/mol. The van der Waals surface area contributed by atoms with E-state index < -0.39 is 23.4 Å². The zero-order valence-corrected chi connectivity index (χ0v) is 22.3. The lowest BCUT2D eigenvalue weighted by atomic mass is 10.2. The zero-order valence-electron chi connectivity index (χ0n) is 19.0. The molecule has 1 aliphatic heterocycles. The van der Waals surface area contributed by atoms with Crippen molar-refractivity contribution in [3.8, 4) is 0 Å². The summed E-state index contributed by atoms with van der Waals surface area (Å²) in [6.07, 6.45) is 3.43. The molecule has 0 aliphatic carbocycles. The number of nitrogens with zero attached hydrogens (tertiary/aromatic N) is 1. The van der Waals surface area contributed by atoms with E-state index in [9.17, 15) is 17.8 Å². The van der Waals surface area contributed by atoms with E-state index in [0.29, 0.717) is 11.1 Å². The Bertz CT molecular complexity index is 1500. The Labute approximate surface area is 213 Å². The molecule has 4 rings (SSSR count). The second-order valence-corrected chi connectivity index (χ2v) is 12.9. The smallest absolute Gasteiger partial charge is 0.356 e. The van der Waals surface area contributed by atoms with Crippen LogP contribution in [-0.2, 0) is 23.8 Å². The molecule has 0 amide bonds. The first-order chi connectivity index (χ1) is 16.8. The number of hydrogen-bond acceptors (Lipinski definition) is 7. The van der Waals surface area contributed by atoms with Crippen LogP contribution in [0.15, 0.2) is 76.3 Å². The summed E-state index contributed by atoms with van der Waals surface area (Å²) in [6.45, 7) is 3.35. The Morgan fingerprint density at radius 3 is 2.51 bits per heavy atom. The number of thioether (sulfide) groups is 1. The minimum Gasteiger partial charge on any atom is -0.461 e. The highest BCUT2D eigenvalue weighted by Gasteiger charge is 2.42. The normalized spacial score (nSPS) is 15.6. The van der Waals surface area contributed by atoms with Gasteiger partial charge in [0.25, 0.3) is 17.4 Å². The van der Waals surface area contributed by atoms with Gasteiger partial charge in [-0.1, -0.05) is 35.9 Å². The Hall–Kier alpha value is -2.29. The second-order valence-electron chi connectivity index (χ2n) is 7.40. The number of rotatable bonds is 8. The molecule has 0 saturated heterocycles. The molecule has 2 heterocycles. The molecule has 0 fully saturated rings. The number of fused-ring (bicyclic) bond motifs is 1. The molecule has 1 atom stereocenters. The van der Waals surface area contributed by atoms with E-state index in [1.54, 1.807) is 49.6 Å². The number of aromatic nitrogens is 1. The van der Waals surface area contributed by atoms with E-state index >= 15 is 0 Å². The number of ether oxygens (including phenoxy) is 1. The third-order valence-electron chi connectivity index (χ3n) is 5.28. The van der Waals surface area contributed by atoms with Crippen LogP contribution in [0.25, 0.3) is 10.9 Å². The maximum absolute atomic E-state index is 14.7. The Morgan fingerprint density at radius 1 is 1.14 bits per heavy atom. The molecule has 0 bridgehead atoms. The summed E-state index contributed by atoms with van der Waals surface area (Å²) in [5.74, 6) is -0.372. The fraction of sp³-hybridized carbons (Fsp3) is 0.208. The molecule has 7 nitrogen and oxygen atoms in total. The number of allylic oxidation sites excluding steroid dienone is 2. The summed E-state index contributed by atoms with van der Waals surface area (Å²) >= 11 is 7.81. The summed E-state index contributed by atoms with van der Waals surface area (Å²) in [5, 5.41) is 2.65. The first-order valence-corrected chi connectivity index (χ1v) is 15.3. The van der Waals surface area contributed by atoms with Gasteiger partial charge in [0.2, 0.25) is 0 Å². The van der Waals surface area contributed by atoms with E-state index in [4.69, 9.17) is 20.9 Å². The maximum Gasteiger partial charge on any atom is 0.356 e. The molecular formula is C24H23ClNO6PS2. The standard InChI is InChI=1S/C24H23ClNO6PS2/c1-3-31-24(27)22-23(33(28,32-4-2)18-12-14-34-15-13-18)20-16-17(25)10-11-21(20)26(22)35(29,30)19-8-6-5-7-9-19/h5-14,16H,3-4,15H2,1-2H3. The lowest BCUT2D eigenvalue weighted by Crippen LogP contribution is -2.26. The van der Waals surface area contributed by atoms with Crippen molar-refractivity contribution in [3.63, 3.8) is 0 Å². The van der Waals surface area contributed by atoms with Crippen molar-refractivity contribution in [3.05, 3.63) is 82.1 Å². The molecule has 3 aromatic rings. The van der Waals surface area contributed by atoms with Crippen LogP contribution in [0.3, 0.4) is 0 Å². The van der Waals surface area contributed by atoms with Gasteiger partial charge in [0.15, 0.2) is 5.69 Å². The average molecular weight is 552 g/mol. The third kappa shape index (κ3) is 4.63. The number of esters is 1. The minimum atomic E-state index is -4.30. The lowest BCUT2D eigenvalue weighted by molar-refractivity contribution is 0.0520. The quantitative estimate of drug-likeness (QED) is 0.258. The molecule has 1 aliphatic rings. The summed E-state index contributed by atoms with van der Waals surface area (Å²) in [5.41, 5.74) is -0.219. The number of carbonyl (C=O) groups excluding carboxylic acids is 1. The predicted octanol–water partition coefficient (Wildman–Crippen LogP) is 5.79. The molecule has 11 heteroatoms. The molecule has 0 radical (unpaired) electrons. The number of halogens is 1. The van der Waals surface area contributed by atoms with Crippen molar-refractivity contribution in [2.24, 2.45) is 0 Å². The highest BCUT2D eigenvalue weighted by atomic mass is 35.5. The van der Waals surface area contributed by atoms with E-state index in [1.165, 1.54) is 42.1 Å². The molecule has 2 aromatic carbocycles. The van der Waals surface area contributed by atoms with Gasteiger partial charge in [0.05, 0.1) is 28.9 Å². The Kier molecular flexibility index (Phi) is 7.64. The second kappa shape index (κ2) is 10.4. The first kappa shape index (κ1) is 25.8. The van der Waals surface area contributed by atoms with Crippen molar-refractivity contribution >= 4 is 62.9 Å². The molecule has 1 aromatic heterocycles. The summed E-state index contributed by atoms with van der Waals surface area (Å²) in [4.78, 5) is 13.4. The van der Waals surface area contributed by atoms with Gasteiger partial charge in [0, 0.05) is 21.5 Å². The van der Waals surface area contributed by atoms with E-state index in [-0.39, 0.29) is 45.0 Å². The van der Waals surface area contributed by atoms with Crippen LogP contribution in [0.2, 0.25) is 5.02 Å². The van der Waals surface area contributed by atoms with E-state index in [1.807, 2.05) is 0 Å². The van der Waals surface area contributed by atoms with Crippen molar-refractivity contribution in [2.45, 2.75) is 18.7 Å². The van der Waals surface area contributed by atoms with Crippen LogP contribution in [0.4, 0.5) is 0 Å². The van der Waals surface area contributed by atoms with Crippen LogP contribution >= 0.6 is 30.7 Å².